The van der Waals surface area contributed by atoms with Crippen LogP contribution in [0.25, 0.3) is 10.8 Å². The molecule has 4 heteroatoms. The van der Waals surface area contributed by atoms with Crippen LogP contribution in [0.3, 0.4) is 0 Å². The molecule has 0 heterocycles. The molecule has 0 atom stereocenters. The molecule has 0 saturated carbocycles. The number of carbonyl (C=O) groups excluding carboxylic acids is 1. The molecule has 0 saturated heterocycles. The third-order valence-corrected chi connectivity index (χ3v) is 4.33. The lowest BCUT2D eigenvalue weighted by Crippen LogP contribution is -2.24. The highest BCUT2D eigenvalue weighted by molar-refractivity contribution is 5.99. The van der Waals surface area contributed by atoms with E-state index in [9.17, 15) is 4.79 Å². The van der Waals surface area contributed by atoms with Crippen molar-refractivity contribution in [2.45, 2.75) is 26.2 Å². The zero-order valence-electron chi connectivity index (χ0n) is 15.5. The molecule has 0 aliphatic carbocycles. The smallest absolute Gasteiger partial charge is 0.277 e. The third kappa shape index (κ3) is 5.42. The number of amides is 1. The summed E-state index contributed by atoms with van der Waals surface area (Å²) in [4.78, 5) is 11.9. The second-order valence-electron chi connectivity index (χ2n) is 6.40. The predicted molar refractivity (Wildman–Crippen MR) is 110 cm³/mol. The number of nitrogens with one attached hydrogen (secondary N) is 1. The van der Waals surface area contributed by atoms with E-state index in [0.717, 1.165) is 22.8 Å². The largest absolute Gasteiger partial charge is 0.484 e. The van der Waals surface area contributed by atoms with Crippen LogP contribution in [0.15, 0.2) is 71.8 Å². The molecule has 0 aliphatic heterocycles. The maximum atomic E-state index is 11.9. The number of hydrogen-bond acceptors (Lipinski definition) is 3. The molecule has 0 bridgehead atoms. The summed E-state index contributed by atoms with van der Waals surface area (Å²) in [6, 6.07) is 21.9. The number of carbonyl (C=O) groups is 1. The Morgan fingerprint density at radius 2 is 1.81 bits per heavy atom. The van der Waals surface area contributed by atoms with Crippen LogP contribution in [0.5, 0.6) is 5.75 Å². The quantitative estimate of drug-likeness (QED) is 0.467. The van der Waals surface area contributed by atoms with E-state index in [4.69, 9.17) is 4.74 Å². The average molecular weight is 360 g/mol. The Kier molecular flexibility index (Phi) is 6.58. The lowest BCUT2D eigenvalue weighted by molar-refractivity contribution is -0.123. The summed E-state index contributed by atoms with van der Waals surface area (Å²) in [7, 11) is 0. The molecule has 3 aromatic rings. The summed E-state index contributed by atoms with van der Waals surface area (Å²) >= 11 is 0. The van der Waals surface area contributed by atoms with Crippen molar-refractivity contribution >= 4 is 22.9 Å². The van der Waals surface area contributed by atoms with Crippen molar-refractivity contribution in [1.29, 1.82) is 0 Å². The molecule has 3 aromatic carbocycles. The van der Waals surface area contributed by atoms with Crippen molar-refractivity contribution in [2.75, 3.05) is 6.61 Å². The molecular weight excluding hydrogens is 336 g/mol. The number of hydrazone groups is 1. The molecule has 138 valence electrons. The first kappa shape index (κ1) is 18.6. The Balaban J connectivity index is 1.50. The fraction of sp³-hybridized carbons (Fsp3) is 0.217. The first-order chi connectivity index (χ1) is 13.3. The van der Waals surface area contributed by atoms with Gasteiger partial charge in [-0.05, 0) is 41.3 Å². The third-order valence-electron chi connectivity index (χ3n) is 4.33. The maximum Gasteiger partial charge on any atom is 0.277 e. The van der Waals surface area contributed by atoms with Crippen molar-refractivity contribution in [3.05, 3.63) is 77.9 Å². The summed E-state index contributed by atoms with van der Waals surface area (Å²) in [5.41, 5.74) is 4.75. The van der Waals surface area contributed by atoms with Crippen LogP contribution < -0.4 is 10.2 Å². The van der Waals surface area contributed by atoms with Crippen molar-refractivity contribution in [1.82, 2.24) is 5.43 Å². The van der Waals surface area contributed by atoms with E-state index in [1.807, 2.05) is 66.7 Å². The highest BCUT2D eigenvalue weighted by Crippen LogP contribution is 2.17. The fourth-order valence-electron chi connectivity index (χ4n) is 2.85. The Bertz CT molecular complexity index is 912. The SMILES string of the molecule is CCCCc1ccc(OCC(=O)N/N=C\c2cccc3ccccc23)cc1. The van der Waals surface area contributed by atoms with Gasteiger partial charge in [-0.2, -0.15) is 5.10 Å². The van der Waals surface area contributed by atoms with Gasteiger partial charge in [0.25, 0.3) is 5.91 Å². The van der Waals surface area contributed by atoms with Gasteiger partial charge in [0.2, 0.25) is 0 Å². The molecular formula is C23H24N2O2. The lowest BCUT2D eigenvalue weighted by atomic mass is 10.1. The Morgan fingerprint density at radius 3 is 2.63 bits per heavy atom. The van der Waals surface area contributed by atoms with Crippen molar-refractivity contribution in [3.63, 3.8) is 0 Å². The van der Waals surface area contributed by atoms with Crippen LogP contribution in [-0.4, -0.2) is 18.7 Å². The summed E-state index contributed by atoms with van der Waals surface area (Å²) in [6.07, 6.45) is 5.08. The van der Waals surface area contributed by atoms with E-state index >= 15 is 0 Å². The van der Waals surface area contributed by atoms with Gasteiger partial charge < -0.3 is 4.74 Å². The summed E-state index contributed by atoms with van der Waals surface area (Å²) in [6.45, 7) is 2.11. The van der Waals surface area contributed by atoms with Gasteiger partial charge in [0.15, 0.2) is 6.61 Å². The minimum atomic E-state index is -0.290. The summed E-state index contributed by atoms with van der Waals surface area (Å²) < 4.78 is 5.51. The monoisotopic (exact) mass is 360 g/mol. The number of ether oxygens (including phenoxy) is 1. The number of hydrogen-bond donors (Lipinski definition) is 1. The van der Waals surface area contributed by atoms with Gasteiger partial charge in [0.1, 0.15) is 5.75 Å². The molecule has 0 fully saturated rings. The zero-order chi connectivity index (χ0) is 18.9. The molecule has 0 spiro atoms. The van der Waals surface area contributed by atoms with Crippen molar-refractivity contribution in [2.24, 2.45) is 5.10 Å². The summed E-state index contributed by atoms with van der Waals surface area (Å²) in [5, 5.41) is 6.28. The molecule has 3 rings (SSSR count). The number of rotatable bonds is 8. The van der Waals surface area contributed by atoms with E-state index in [-0.39, 0.29) is 12.5 Å². The van der Waals surface area contributed by atoms with Crippen LogP contribution in [0.4, 0.5) is 0 Å². The highest BCUT2D eigenvalue weighted by Gasteiger charge is 2.02. The van der Waals surface area contributed by atoms with Gasteiger partial charge in [-0.1, -0.05) is 67.9 Å². The minimum Gasteiger partial charge on any atom is -0.484 e. The average Bonchev–Trinajstić information content (AvgIpc) is 2.71. The zero-order valence-corrected chi connectivity index (χ0v) is 15.5. The minimum absolute atomic E-state index is 0.0683. The predicted octanol–water partition coefficient (Wildman–Crippen LogP) is 4.71. The summed E-state index contributed by atoms with van der Waals surface area (Å²) in [5.74, 6) is 0.393. The standard InChI is InChI=1S/C23H24N2O2/c1-2-3-7-18-12-14-21(15-13-18)27-17-23(26)25-24-16-20-10-6-9-19-8-4-5-11-22(19)20/h4-6,8-16H,2-3,7,17H2,1H3,(H,25,26)/b24-16-. The number of unbranched alkanes of at least 4 members (excludes halogenated alkanes) is 1. The molecule has 0 radical (unpaired) electrons. The van der Waals surface area contributed by atoms with Crippen LogP contribution in [0, 0.1) is 0 Å². The fourth-order valence-corrected chi connectivity index (χ4v) is 2.85. The van der Waals surface area contributed by atoms with Gasteiger partial charge in [0, 0.05) is 5.56 Å². The van der Waals surface area contributed by atoms with Crippen LogP contribution in [0.2, 0.25) is 0 Å². The number of fused-ring (bicyclic) bond motifs is 1. The molecule has 0 aromatic heterocycles. The van der Waals surface area contributed by atoms with E-state index in [2.05, 4.69) is 17.5 Å². The Labute approximate surface area is 159 Å². The Morgan fingerprint density at radius 1 is 1.04 bits per heavy atom. The van der Waals surface area contributed by atoms with E-state index < -0.39 is 0 Å². The van der Waals surface area contributed by atoms with Gasteiger partial charge in [-0.3, -0.25) is 4.79 Å². The Hall–Kier alpha value is -3.14. The van der Waals surface area contributed by atoms with Gasteiger partial charge in [0.05, 0.1) is 6.21 Å². The first-order valence-electron chi connectivity index (χ1n) is 9.27. The molecule has 1 N–H and O–H groups in total. The molecule has 4 nitrogen and oxygen atoms in total. The van der Waals surface area contributed by atoms with E-state index in [1.165, 1.54) is 18.4 Å². The number of benzene rings is 3. The number of aryl methyl sites for hydroxylation is 1. The van der Waals surface area contributed by atoms with E-state index in [0.29, 0.717) is 5.75 Å². The van der Waals surface area contributed by atoms with Crippen LogP contribution >= 0.6 is 0 Å². The van der Waals surface area contributed by atoms with Crippen LogP contribution in [0.1, 0.15) is 30.9 Å². The second kappa shape index (κ2) is 9.53. The molecule has 1 amide bonds. The van der Waals surface area contributed by atoms with Gasteiger partial charge in [-0.15, -0.1) is 0 Å². The molecule has 0 unspecified atom stereocenters. The molecule has 27 heavy (non-hydrogen) atoms. The van der Waals surface area contributed by atoms with E-state index in [1.54, 1.807) is 6.21 Å². The maximum absolute atomic E-state index is 11.9. The lowest BCUT2D eigenvalue weighted by Gasteiger charge is -2.06. The van der Waals surface area contributed by atoms with Gasteiger partial charge in [-0.25, -0.2) is 5.43 Å². The highest BCUT2D eigenvalue weighted by atomic mass is 16.5. The van der Waals surface area contributed by atoms with Crippen LogP contribution in [-0.2, 0) is 11.2 Å². The van der Waals surface area contributed by atoms with Crippen molar-refractivity contribution in [3.8, 4) is 5.75 Å². The van der Waals surface area contributed by atoms with Gasteiger partial charge >= 0.3 is 0 Å². The first-order valence-corrected chi connectivity index (χ1v) is 9.27. The second-order valence-corrected chi connectivity index (χ2v) is 6.40. The normalized spacial score (nSPS) is 11.0. The number of nitrogens with zero attached hydrogens (tertiary/aromatic N) is 1. The molecule has 0 aliphatic rings. The topological polar surface area (TPSA) is 50.7 Å². The van der Waals surface area contributed by atoms with Crippen molar-refractivity contribution < 1.29 is 9.53 Å².